The quantitative estimate of drug-likeness (QED) is 0.769. The van der Waals surface area contributed by atoms with Crippen LogP contribution in [-0.2, 0) is 11.2 Å². The molecule has 0 spiro atoms. The van der Waals surface area contributed by atoms with Crippen molar-refractivity contribution in [1.29, 1.82) is 0 Å². The summed E-state index contributed by atoms with van der Waals surface area (Å²) in [5, 5.41) is 1.68. The zero-order chi connectivity index (χ0) is 12.0. The van der Waals surface area contributed by atoms with E-state index in [1.807, 2.05) is 26.2 Å². The highest BCUT2D eigenvalue weighted by Crippen LogP contribution is 2.10. The predicted molar refractivity (Wildman–Crippen MR) is 65.9 cm³/mol. The lowest BCUT2D eigenvalue weighted by Crippen LogP contribution is -2.35. The van der Waals surface area contributed by atoms with Gasteiger partial charge in [0, 0.05) is 20.5 Å². The lowest BCUT2D eigenvalue weighted by molar-refractivity contribution is -0.124. The number of aryl methyl sites for hydroxylation is 2. The number of hydrogen-bond acceptors (Lipinski definition) is 2. The maximum Gasteiger partial charge on any atom is 0.234 e. The molecule has 1 aromatic carbocycles. The van der Waals surface area contributed by atoms with Gasteiger partial charge in [-0.2, -0.15) is 0 Å². The first-order chi connectivity index (χ1) is 7.59. The summed E-state index contributed by atoms with van der Waals surface area (Å²) < 4.78 is 0. The molecule has 0 aliphatic rings. The minimum absolute atomic E-state index is 0.0820. The van der Waals surface area contributed by atoms with E-state index in [4.69, 9.17) is 0 Å². The second-order valence-electron chi connectivity index (χ2n) is 4.21. The normalized spacial score (nSPS) is 10.5. The van der Waals surface area contributed by atoms with E-state index in [2.05, 4.69) is 24.5 Å². The monoisotopic (exact) mass is 220 g/mol. The summed E-state index contributed by atoms with van der Waals surface area (Å²) >= 11 is 0. The Morgan fingerprint density at radius 2 is 2.00 bits per heavy atom. The highest BCUT2D eigenvalue weighted by molar-refractivity contribution is 5.75. The summed E-state index contributed by atoms with van der Waals surface area (Å²) in [5.41, 5.74) is 5.37. The van der Waals surface area contributed by atoms with Gasteiger partial charge in [0.05, 0.1) is 0 Å². The molecular formula is C13H20N2O. The Bertz CT molecular complexity index is 348. The van der Waals surface area contributed by atoms with Crippen molar-refractivity contribution in [2.45, 2.75) is 26.2 Å². The molecule has 16 heavy (non-hydrogen) atoms. The van der Waals surface area contributed by atoms with Gasteiger partial charge < -0.3 is 0 Å². The third-order valence-electron chi connectivity index (χ3n) is 2.46. The number of carbonyl (C=O) groups excluding carboxylic acids is 1. The van der Waals surface area contributed by atoms with Crippen molar-refractivity contribution in [1.82, 2.24) is 10.4 Å². The molecule has 0 aliphatic heterocycles. The fourth-order valence-electron chi connectivity index (χ4n) is 1.64. The van der Waals surface area contributed by atoms with E-state index in [-0.39, 0.29) is 5.91 Å². The van der Waals surface area contributed by atoms with Crippen LogP contribution in [0.25, 0.3) is 0 Å². The molecule has 0 aliphatic carbocycles. The molecule has 0 radical (unpaired) electrons. The van der Waals surface area contributed by atoms with E-state index in [1.54, 1.807) is 5.01 Å². The largest absolute Gasteiger partial charge is 0.289 e. The molecule has 0 bridgehead atoms. The second-order valence-corrected chi connectivity index (χ2v) is 4.21. The third kappa shape index (κ3) is 4.45. The number of carbonyl (C=O) groups is 1. The number of nitrogens with one attached hydrogen (secondary N) is 1. The number of benzene rings is 1. The summed E-state index contributed by atoms with van der Waals surface area (Å²) in [7, 11) is 3.64. The maximum absolute atomic E-state index is 11.4. The summed E-state index contributed by atoms with van der Waals surface area (Å²) in [6.45, 7) is 2.11. The van der Waals surface area contributed by atoms with Crippen LogP contribution in [0.1, 0.15) is 24.0 Å². The lowest BCUT2D eigenvalue weighted by atomic mass is 10.0. The molecule has 0 heterocycles. The number of amides is 1. The van der Waals surface area contributed by atoms with E-state index in [0.29, 0.717) is 6.42 Å². The first kappa shape index (κ1) is 12.7. The van der Waals surface area contributed by atoms with Gasteiger partial charge >= 0.3 is 0 Å². The average molecular weight is 220 g/mol. The van der Waals surface area contributed by atoms with Crippen LogP contribution in [0.4, 0.5) is 0 Å². The number of nitrogens with zero attached hydrogens (tertiary/aromatic N) is 1. The van der Waals surface area contributed by atoms with Gasteiger partial charge in [-0.1, -0.05) is 24.3 Å². The van der Waals surface area contributed by atoms with Gasteiger partial charge in [0.1, 0.15) is 0 Å². The Labute approximate surface area is 97.4 Å². The van der Waals surface area contributed by atoms with E-state index in [0.717, 1.165) is 12.8 Å². The standard InChI is InChI=1S/C13H20N2O/c1-11-7-4-5-8-12(11)9-6-10-13(16)14-15(2)3/h4-5,7-8H,6,9-10H2,1-3H3,(H,14,16). The molecule has 1 aromatic rings. The fraction of sp³-hybridized carbons (Fsp3) is 0.462. The summed E-state index contributed by atoms with van der Waals surface area (Å²) in [6, 6.07) is 8.31. The molecule has 0 fully saturated rings. The molecule has 88 valence electrons. The minimum atomic E-state index is 0.0820. The Hall–Kier alpha value is -1.35. The van der Waals surface area contributed by atoms with Crippen LogP contribution in [0.5, 0.6) is 0 Å². The number of hydrogen-bond donors (Lipinski definition) is 1. The van der Waals surface area contributed by atoms with Crippen LogP contribution in [0.15, 0.2) is 24.3 Å². The van der Waals surface area contributed by atoms with Crippen LogP contribution in [0, 0.1) is 6.92 Å². The van der Waals surface area contributed by atoms with Gasteiger partial charge in [-0.3, -0.25) is 10.2 Å². The van der Waals surface area contributed by atoms with Gasteiger partial charge in [-0.15, -0.1) is 0 Å². The van der Waals surface area contributed by atoms with E-state index in [1.165, 1.54) is 11.1 Å². The van der Waals surface area contributed by atoms with E-state index in [9.17, 15) is 4.79 Å². The number of hydrazine groups is 1. The highest BCUT2D eigenvalue weighted by atomic mass is 16.2. The van der Waals surface area contributed by atoms with Crippen molar-refractivity contribution < 1.29 is 4.79 Å². The molecule has 1 N–H and O–H groups in total. The second kappa shape index (κ2) is 6.28. The van der Waals surface area contributed by atoms with Crippen molar-refractivity contribution >= 4 is 5.91 Å². The lowest BCUT2D eigenvalue weighted by Gasteiger charge is -2.11. The van der Waals surface area contributed by atoms with Crippen molar-refractivity contribution in [3.8, 4) is 0 Å². The summed E-state index contributed by atoms with van der Waals surface area (Å²) in [6.07, 6.45) is 2.44. The van der Waals surface area contributed by atoms with Crippen LogP contribution >= 0.6 is 0 Å². The van der Waals surface area contributed by atoms with E-state index >= 15 is 0 Å². The van der Waals surface area contributed by atoms with Crippen LogP contribution in [0.2, 0.25) is 0 Å². The van der Waals surface area contributed by atoms with Gasteiger partial charge in [0.15, 0.2) is 0 Å². The van der Waals surface area contributed by atoms with Crippen molar-refractivity contribution in [3.05, 3.63) is 35.4 Å². The Kier molecular flexibility index (Phi) is 4.99. The zero-order valence-corrected chi connectivity index (χ0v) is 10.3. The fourth-order valence-corrected chi connectivity index (χ4v) is 1.64. The molecule has 0 saturated carbocycles. The molecule has 0 saturated heterocycles. The van der Waals surface area contributed by atoms with Gasteiger partial charge in [0.25, 0.3) is 0 Å². The molecule has 1 rings (SSSR count). The Morgan fingerprint density at radius 3 is 2.62 bits per heavy atom. The number of rotatable bonds is 5. The predicted octanol–water partition coefficient (Wildman–Crippen LogP) is 1.91. The highest BCUT2D eigenvalue weighted by Gasteiger charge is 2.03. The molecule has 3 heteroatoms. The Balaban J connectivity index is 2.31. The van der Waals surface area contributed by atoms with Crippen molar-refractivity contribution in [2.24, 2.45) is 0 Å². The first-order valence-corrected chi connectivity index (χ1v) is 5.61. The summed E-state index contributed by atoms with van der Waals surface area (Å²) in [4.78, 5) is 11.4. The third-order valence-corrected chi connectivity index (χ3v) is 2.46. The Morgan fingerprint density at radius 1 is 1.31 bits per heavy atom. The van der Waals surface area contributed by atoms with Crippen LogP contribution in [-0.4, -0.2) is 25.0 Å². The first-order valence-electron chi connectivity index (χ1n) is 5.61. The average Bonchev–Trinajstić information content (AvgIpc) is 2.19. The molecule has 0 unspecified atom stereocenters. The molecule has 3 nitrogen and oxygen atoms in total. The summed E-state index contributed by atoms with van der Waals surface area (Å²) in [5.74, 6) is 0.0820. The molecule has 0 atom stereocenters. The van der Waals surface area contributed by atoms with Gasteiger partial charge in [-0.05, 0) is 30.9 Å². The van der Waals surface area contributed by atoms with Crippen molar-refractivity contribution in [3.63, 3.8) is 0 Å². The van der Waals surface area contributed by atoms with Crippen LogP contribution in [0.3, 0.4) is 0 Å². The molecule has 1 amide bonds. The zero-order valence-electron chi connectivity index (χ0n) is 10.3. The van der Waals surface area contributed by atoms with Crippen LogP contribution < -0.4 is 5.43 Å². The van der Waals surface area contributed by atoms with Gasteiger partial charge in [0.2, 0.25) is 5.91 Å². The smallest absolute Gasteiger partial charge is 0.234 e. The molecular weight excluding hydrogens is 200 g/mol. The minimum Gasteiger partial charge on any atom is -0.289 e. The van der Waals surface area contributed by atoms with Crippen molar-refractivity contribution in [2.75, 3.05) is 14.1 Å². The maximum atomic E-state index is 11.4. The molecule has 0 aromatic heterocycles. The topological polar surface area (TPSA) is 32.3 Å². The van der Waals surface area contributed by atoms with E-state index < -0.39 is 0 Å². The SMILES string of the molecule is Cc1ccccc1CCCC(=O)NN(C)C. The van der Waals surface area contributed by atoms with Gasteiger partial charge in [-0.25, -0.2) is 5.01 Å².